The summed E-state index contributed by atoms with van der Waals surface area (Å²) in [6.07, 6.45) is 3.88. The SMILES string of the molecule is CCOc1cc2c(cc1/C=C/C(=O)NNC(=O)c1ccccc1Cl)O[C@H](C)C2. The minimum absolute atomic E-state index is 0.118. The van der Waals surface area contributed by atoms with Crippen molar-refractivity contribution in [3.8, 4) is 11.5 Å². The van der Waals surface area contributed by atoms with Crippen LogP contribution >= 0.6 is 11.6 Å². The molecule has 1 atom stereocenters. The maximum atomic E-state index is 12.1. The minimum Gasteiger partial charge on any atom is -0.493 e. The van der Waals surface area contributed by atoms with Crippen molar-refractivity contribution < 1.29 is 19.1 Å². The van der Waals surface area contributed by atoms with Crippen LogP contribution in [0.2, 0.25) is 5.02 Å². The van der Waals surface area contributed by atoms with Gasteiger partial charge in [0.05, 0.1) is 17.2 Å². The van der Waals surface area contributed by atoms with Crippen molar-refractivity contribution in [2.75, 3.05) is 6.61 Å². The van der Waals surface area contributed by atoms with E-state index in [-0.39, 0.29) is 11.7 Å². The number of fused-ring (bicyclic) bond motifs is 1. The van der Waals surface area contributed by atoms with E-state index in [1.54, 1.807) is 30.3 Å². The molecule has 146 valence electrons. The molecule has 2 amide bonds. The van der Waals surface area contributed by atoms with Gasteiger partial charge in [-0.15, -0.1) is 0 Å². The van der Waals surface area contributed by atoms with Gasteiger partial charge in [-0.1, -0.05) is 23.7 Å². The summed E-state index contributed by atoms with van der Waals surface area (Å²) >= 11 is 5.97. The molecule has 28 heavy (non-hydrogen) atoms. The van der Waals surface area contributed by atoms with Gasteiger partial charge in [0.1, 0.15) is 17.6 Å². The van der Waals surface area contributed by atoms with E-state index < -0.39 is 11.8 Å². The maximum Gasteiger partial charge on any atom is 0.271 e. The molecular weight excluding hydrogens is 380 g/mol. The Morgan fingerprint density at radius 2 is 2.07 bits per heavy atom. The van der Waals surface area contributed by atoms with E-state index in [0.29, 0.717) is 17.4 Å². The van der Waals surface area contributed by atoms with Crippen LogP contribution < -0.4 is 20.3 Å². The van der Waals surface area contributed by atoms with E-state index in [1.165, 1.54) is 6.08 Å². The summed E-state index contributed by atoms with van der Waals surface area (Å²) in [5.41, 5.74) is 6.75. The van der Waals surface area contributed by atoms with E-state index in [1.807, 2.05) is 26.0 Å². The van der Waals surface area contributed by atoms with Crippen molar-refractivity contribution in [3.05, 3.63) is 64.2 Å². The van der Waals surface area contributed by atoms with Crippen LogP contribution in [0.25, 0.3) is 6.08 Å². The highest BCUT2D eigenvalue weighted by molar-refractivity contribution is 6.33. The Hall–Kier alpha value is -2.99. The molecule has 1 aliphatic rings. The number of rotatable bonds is 5. The summed E-state index contributed by atoms with van der Waals surface area (Å²) in [6.45, 7) is 4.41. The monoisotopic (exact) mass is 400 g/mol. The van der Waals surface area contributed by atoms with Gasteiger partial charge in [0.25, 0.3) is 11.8 Å². The first-order chi connectivity index (χ1) is 13.5. The lowest BCUT2D eigenvalue weighted by atomic mass is 10.1. The lowest BCUT2D eigenvalue weighted by Gasteiger charge is -2.10. The van der Waals surface area contributed by atoms with Crippen molar-refractivity contribution in [2.45, 2.75) is 26.4 Å². The molecule has 0 spiro atoms. The van der Waals surface area contributed by atoms with Crippen LogP contribution in [0.3, 0.4) is 0 Å². The number of benzene rings is 2. The smallest absolute Gasteiger partial charge is 0.271 e. The first-order valence-corrected chi connectivity index (χ1v) is 9.35. The fraction of sp³-hybridized carbons (Fsp3) is 0.238. The van der Waals surface area contributed by atoms with E-state index in [4.69, 9.17) is 21.1 Å². The molecule has 2 aromatic rings. The van der Waals surface area contributed by atoms with Crippen LogP contribution in [-0.4, -0.2) is 24.5 Å². The first kappa shape index (κ1) is 19.8. The molecule has 0 saturated carbocycles. The molecule has 1 aliphatic heterocycles. The highest BCUT2D eigenvalue weighted by Gasteiger charge is 2.21. The number of carbonyl (C=O) groups excluding carboxylic acids is 2. The van der Waals surface area contributed by atoms with Gasteiger partial charge in [-0.05, 0) is 44.2 Å². The number of hydrogen-bond acceptors (Lipinski definition) is 4. The second-order valence-corrected chi connectivity index (χ2v) is 6.73. The topological polar surface area (TPSA) is 76.7 Å². The molecule has 2 aromatic carbocycles. The molecule has 7 heteroatoms. The molecule has 0 aromatic heterocycles. The van der Waals surface area contributed by atoms with Crippen LogP contribution in [-0.2, 0) is 11.2 Å². The minimum atomic E-state index is -0.498. The van der Waals surface area contributed by atoms with Crippen LogP contribution in [0.4, 0.5) is 0 Å². The van der Waals surface area contributed by atoms with E-state index in [2.05, 4.69) is 10.9 Å². The highest BCUT2D eigenvalue weighted by atomic mass is 35.5. The summed E-state index contributed by atoms with van der Waals surface area (Å²) < 4.78 is 11.4. The largest absolute Gasteiger partial charge is 0.493 e. The van der Waals surface area contributed by atoms with Gasteiger partial charge in [0.15, 0.2) is 0 Å². The molecule has 0 bridgehead atoms. The highest BCUT2D eigenvalue weighted by Crippen LogP contribution is 2.35. The fourth-order valence-electron chi connectivity index (χ4n) is 2.90. The van der Waals surface area contributed by atoms with Crippen LogP contribution in [0.1, 0.15) is 35.3 Å². The maximum absolute atomic E-state index is 12.1. The number of carbonyl (C=O) groups is 2. The third-order valence-electron chi connectivity index (χ3n) is 4.16. The second kappa shape index (κ2) is 8.80. The Balaban J connectivity index is 1.66. The van der Waals surface area contributed by atoms with Gasteiger partial charge in [-0.2, -0.15) is 0 Å². The Morgan fingerprint density at radius 1 is 1.29 bits per heavy atom. The molecule has 6 nitrogen and oxygen atoms in total. The van der Waals surface area contributed by atoms with E-state index in [0.717, 1.165) is 23.3 Å². The lowest BCUT2D eigenvalue weighted by Crippen LogP contribution is -2.40. The average Bonchev–Trinajstić information content (AvgIpc) is 3.03. The van der Waals surface area contributed by atoms with Gasteiger partial charge in [0, 0.05) is 23.6 Å². The lowest BCUT2D eigenvalue weighted by molar-refractivity contribution is -0.117. The van der Waals surface area contributed by atoms with Crippen molar-refractivity contribution >= 4 is 29.5 Å². The zero-order chi connectivity index (χ0) is 20.1. The Bertz CT molecular complexity index is 927. The summed E-state index contributed by atoms with van der Waals surface area (Å²) in [5.74, 6) is 0.492. The zero-order valence-electron chi connectivity index (χ0n) is 15.6. The molecule has 0 radical (unpaired) electrons. The van der Waals surface area contributed by atoms with Gasteiger partial charge >= 0.3 is 0 Å². The van der Waals surface area contributed by atoms with Crippen LogP contribution in [0.5, 0.6) is 11.5 Å². The van der Waals surface area contributed by atoms with Crippen LogP contribution in [0.15, 0.2) is 42.5 Å². The summed E-state index contributed by atoms with van der Waals surface area (Å²) in [5, 5.41) is 0.304. The normalized spacial score (nSPS) is 15.0. The van der Waals surface area contributed by atoms with Gasteiger partial charge in [0.2, 0.25) is 0 Å². The Morgan fingerprint density at radius 3 is 2.82 bits per heavy atom. The van der Waals surface area contributed by atoms with Crippen molar-refractivity contribution in [2.24, 2.45) is 0 Å². The van der Waals surface area contributed by atoms with E-state index >= 15 is 0 Å². The molecule has 0 aliphatic carbocycles. The summed E-state index contributed by atoms with van der Waals surface area (Å²) in [7, 11) is 0. The number of hydrazine groups is 1. The van der Waals surface area contributed by atoms with Crippen molar-refractivity contribution in [3.63, 3.8) is 0 Å². The average molecular weight is 401 g/mol. The summed E-state index contributed by atoms with van der Waals surface area (Å²) in [6, 6.07) is 10.4. The zero-order valence-corrected chi connectivity index (χ0v) is 16.4. The third kappa shape index (κ3) is 4.64. The number of ether oxygens (including phenoxy) is 2. The number of halogens is 1. The third-order valence-corrected chi connectivity index (χ3v) is 4.49. The van der Waals surface area contributed by atoms with Gasteiger partial charge in [-0.3, -0.25) is 20.4 Å². The Kier molecular flexibility index (Phi) is 6.21. The molecule has 0 unspecified atom stereocenters. The first-order valence-electron chi connectivity index (χ1n) is 8.97. The van der Waals surface area contributed by atoms with Crippen LogP contribution in [0, 0.1) is 0 Å². The quantitative estimate of drug-likeness (QED) is 0.594. The molecule has 0 fully saturated rings. The fourth-order valence-corrected chi connectivity index (χ4v) is 3.13. The number of hydrogen-bond donors (Lipinski definition) is 2. The van der Waals surface area contributed by atoms with Crippen molar-refractivity contribution in [1.82, 2.24) is 10.9 Å². The molecule has 1 heterocycles. The van der Waals surface area contributed by atoms with Crippen molar-refractivity contribution in [1.29, 1.82) is 0 Å². The van der Waals surface area contributed by atoms with Gasteiger partial charge in [-0.25, -0.2) is 0 Å². The molecule has 2 N–H and O–H groups in total. The Labute approximate surface area is 168 Å². The molecular formula is C21H21ClN2O4. The predicted octanol–water partition coefficient (Wildman–Crippen LogP) is 3.54. The number of amides is 2. The summed E-state index contributed by atoms with van der Waals surface area (Å²) in [4.78, 5) is 24.1. The predicted molar refractivity (Wildman–Crippen MR) is 107 cm³/mol. The second-order valence-electron chi connectivity index (χ2n) is 6.32. The number of nitrogens with one attached hydrogen (secondary N) is 2. The van der Waals surface area contributed by atoms with Gasteiger partial charge < -0.3 is 9.47 Å². The van der Waals surface area contributed by atoms with E-state index in [9.17, 15) is 9.59 Å². The standard InChI is InChI=1S/C21H21ClN2O4/c1-3-27-18-12-15-10-13(2)28-19(15)11-14(18)8-9-20(25)23-24-21(26)16-6-4-5-7-17(16)22/h4-9,11-13H,3,10H2,1-2H3,(H,23,25)(H,24,26)/b9-8+/t13-/m1/s1. The molecule has 3 rings (SSSR count). The molecule has 0 saturated heterocycles.